The summed E-state index contributed by atoms with van der Waals surface area (Å²) in [4.78, 5) is 0. The molecule has 0 heteroatoms. The Bertz CT molecular complexity index is 159. The van der Waals surface area contributed by atoms with Crippen molar-refractivity contribution in [3.05, 3.63) is 11.1 Å². The number of allylic oxidation sites excluding steroid dienone is 2. The van der Waals surface area contributed by atoms with Gasteiger partial charge in [-0.3, -0.25) is 0 Å². The summed E-state index contributed by atoms with van der Waals surface area (Å²) in [5.74, 6) is 2.63. The summed E-state index contributed by atoms with van der Waals surface area (Å²) in [6.07, 6.45) is 0. The number of hydrogen-bond acceptors (Lipinski definition) is 0. The monoisotopic (exact) mass is 138 g/mol. The summed E-state index contributed by atoms with van der Waals surface area (Å²) in [5.41, 5.74) is 3.27. The lowest BCUT2D eigenvalue weighted by Crippen LogP contribution is -1.90. The summed E-state index contributed by atoms with van der Waals surface area (Å²) in [6.45, 7) is 11.4. The zero-order chi connectivity index (χ0) is 7.89. The first-order valence-corrected chi connectivity index (χ1v) is 4.23. The molecule has 1 aliphatic carbocycles. The normalized spacial score (nSPS) is 31.2. The average Bonchev–Trinajstić information content (AvgIpc) is 2.40. The highest BCUT2D eigenvalue weighted by atomic mass is 14.5. The minimum atomic E-state index is 0.847. The predicted molar refractivity (Wildman–Crippen MR) is 45.9 cm³/mol. The lowest BCUT2D eigenvalue weighted by Gasteiger charge is -1.97. The van der Waals surface area contributed by atoms with Crippen LogP contribution in [0.15, 0.2) is 11.1 Å². The van der Waals surface area contributed by atoms with E-state index < -0.39 is 0 Å². The highest BCUT2D eigenvalue weighted by Crippen LogP contribution is 2.51. The van der Waals surface area contributed by atoms with Crippen molar-refractivity contribution in [2.45, 2.75) is 34.6 Å². The van der Waals surface area contributed by atoms with Gasteiger partial charge >= 0.3 is 0 Å². The number of rotatable bonds is 1. The van der Waals surface area contributed by atoms with Crippen molar-refractivity contribution >= 4 is 0 Å². The van der Waals surface area contributed by atoms with Gasteiger partial charge in [0.05, 0.1) is 0 Å². The molecule has 58 valence electrons. The third-order valence-electron chi connectivity index (χ3n) is 2.57. The molecule has 2 atom stereocenters. The smallest absolute Gasteiger partial charge is 0.0112 e. The second-order valence-corrected chi connectivity index (χ2v) is 4.01. The van der Waals surface area contributed by atoms with E-state index in [1.807, 2.05) is 0 Å². The van der Waals surface area contributed by atoms with E-state index in [1.54, 1.807) is 11.1 Å². The molecule has 1 saturated carbocycles. The van der Waals surface area contributed by atoms with Gasteiger partial charge in [-0.15, -0.1) is 0 Å². The maximum absolute atomic E-state index is 2.34. The molecule has 0 unspecified atom stereocenters. The maximum Gasteiger partial charge on any atom is -0.0112 e. The van der Waals surface area contributed by atoms with Gasteiger partial charge in [-0.25, -0.2) is 0 Å². The highest BCUT2D eigenvalue weighted by molar-refractivity contribution is 5.32. The fourth-order valence-electron chi connectivity index (χ4n) is 2.15. The third-order valence-corrected chi connectivity index (χ3v) is 2.57. The van der Waals surface area contributed by atoms with Crippen LogP contribution in [-0.4, -0.2) is 0 Å². The van der Waals surface area contributed by atoms with Gasteiger partial charge < -0.3 is 0 Å². The Labute approximate surface area is 64.3 Å². The molecule has 0 radical (unpaired) electrons. The molecule has 0 amide bonds. The first kappa shape index (κ1) is 7.84. The van der Waals surface area contributed by atoms with Gasteiger partial charge in [-0.05, 0) is 31.6 Å². The van der Waals surface area contributed by atoms with E-state index in [0.29, 0.717) is 0 Å². The van der Waals surface area contributed by atoms with E-state index >= 15 is 0 Å². The second kappa shape index (κ2) is 2.41. The van der Waals surface area contributed by atoms with E-state index in [4.69, 9.17) is 0 Å². The lowest BCUT2D eigenvalue weighted by molar-refractivity contribution is 0.537. The summed E-state index contributed by atoms with van der Waals surface area (Å²) in [6, 6.07) is 0. The van der Waals surface area contributed by atoms with Crippen LogP contribution in [0.2, 0.25) is 0 Å². The Balaban J connectivity index is 2.66. The maximum atomic E-state index is 2.34. The fourth-order valence-corrected chi connectivity index (χ4v) is 2.15. The molecule has 0 aromatic carbocycles. The van der Waals surface area contributed by atoms with Gasteiger partial charge in [0.15, 0.2) is 0 Å². The quantitative estimate of drug-likeness (QED) is 0.488. The van der Waals surface area contributed by atoms with Gasteiger partial charge in [-0.1, -0.05) is 31.9 Å². The zero-order valence-electron chi connectivity index (χ0n) is 7.73. The van der Waals surface area contributed by atoms with E-state index in [2.05, 4.69) is 34.6 Å². The summed E-state index contributed by atoms with van der Waals surface area (Å²) in [5, 5.41) is 0. The standard InChI is InChI=1S/C10H18/c1-6(2)9-8(5)10(9)7(3)4/h6,8-9H,1-5H3/t8-,9+/m0/s1. The van der Waals surface area contributed by atoms with Crippen molar-refractivity contribution < 1.29 is 0 Å². The van der Waals surface area contributed by atoms with E-state index in [9.17, 15) is 0 Å². The lowest BCUT2D eigenvalue weighted by atomic mass is 10.1. The SMILES string of the molecule is CC(C)=C1[C@@H](C)[C@H]1C(C)C. The molecule has 0 aromatic rings. The van der Waals surface area contributed by atoms with Crippen molar-refractivity contribution in [3.8, 4) is 0 Å². The van der Waals surface area contributed by atoms with Crippen molar-refractivity contribution in [2.24, 2.45) is 17.8 Å². The first-order chi connectivity index (χ1) is 4.55. The summed E-state index contributed by atoms with van der Waals surface area (Å²) >= 11 is 0. The van der Waals surface area contributed by atoms with Gasteiger partial charge in [0.1, 0.15) is 0 Å². The van der Waals surface area contributed by atoms with Crippen LogP contribution in [0.3, 0.4) is 0 Å². The van der Waals surface area contributed by atoms with Crippen LogP contribution < -0.4 is 0 Å². The Kier molecular flexibility index (Phi) is 1.89. The molecule has 0 bridgehead atoms. The fraction of sp³-hybridized carbons (Fsp3) is 0.800. The van der Waals surface area contributed by atoms with Crippen molar-refractivity contribution in [1.29, 1.82) is 0 Å². The van der Waals surface area contributed by atoms with Crippen molar-refractivity contribution in [2.75, 3.05) is 0 Å². The molecular weight excluding hydrogens is 120 g/mol. The summed E-state index contributed by atoms with van der Waals surface area (Å²) < 4.78 is 0. The van der Waals surface area contributed by atoms with Crippen LogP contribution in [0, 0.1) is 17.8 Å². The molecule has 10 heavy (non-hydrogen) atoms. The van der Waals surface area contributed by atoms with Crippen molar-refractivity contribution in [3.63, 3.8) is 0 Å². The van der Waals surface area contributed by atoms with Crippen LogP contribution in [0.4, 0.5) is 0 Å². The van der Waals surface area contributed by atoms with Gasteiger partial charge in [0.25, 0.3) is 0 Å². The molecular formula is C10H18. The largest absolute Gasteiger partial charge is 0.0766 e. The average molecular weight is 138 g/mol. The van der Waals surface area contributed by atoms with E-state index in [1.165, 1.54) is 0 Å². The van der Waals surface area contributed by atoms with Crippen LogP contribution in [-0.2, 0) is 0 Å². The zero-order valence-corrected chi connectivity index (χ0v) is 7.73. The molecule has 1 aliphatic rings. The Morgan fingerprint density at radius 1 is 1.30 bits per heavy atom. The van der Waals surface area contributed by atoms with Gasteiger partial charge in [0, 0.05) is 0 Å². The Morgan fingerprint density at radius 2 is 1.80 bits per heavy atom. The van der Waals surface area contributed by atoms with Gasteiger partial charge in [-0.2, -0.15) is 0 Å². The molecule has 0 aromatic heterocycles. The molecule has 0 spiro atoms. The van der Waals surface area contributed by atoms with Crippen molar-refractivity contribution in [1.82, 2.24) is 0 Å². The predicted octanol–water partition coefficient (Wildman–Crippen LogP) is 3.24. The van der Waals surface area contributed by atoms with E-state index in [0.717, 1.165) is 17.8 Å². The molecule has 0 aliphatic heterocycles. The molecule has 1 rings (SSSR count). The van der Waals surface area contributed by atoms with Crippen LogP contribution in [0.1, 0.15) is 34.6 Å². The van der Waals surface area contributed by atoms with Crippen LogP contribution in [0.25, 0.3) is 0 Å². The first-order valence-electron chi connectivity index (χ1n) is 4.23. The van der Waals surface area contributed by atoms with Crippen LogP contribution in [0.5, 0.6) is 0 Å². The molecule has 0 heterocycles. The molecule has 0 nitrogen and oxygen atoms in total. The minimum Gasteiger partial charge on any atom is -0.0766 e. The molecule has 1 fully saturated rings. The second-order valence-electron chi connectivity index (χ2n) is 4.01. The van der Waals surface area contributed by atoms with Crippen LogP contribution >= 0.6 is 0 Å². The number of hydrogen-bond donors (Lipinski definition) is 0. The topological polar surface area (TPSA) is 0 Å². The third kappa shape index (κ3) is 1.12. The summed E-state index contributed by atoms with van der Waals surface area (Å²) in [7, 11) is 0. The minimum absolute atomic E-state index is 0.847. The molecule has 0 N–H and O–H groups in total. The Morgan fingerprint density at radius 3 is 1.90 bits per heavy atom. The van der Waals surface area contributed by atoms with E-state index in [-0.39, 0.29) is 0 Å². The highest BCUT2D eigenvalue weighted by Gasteiger charge is 2.42. The molecule has 0 saturated heterocycles. The Hall–Kier alpha value is -0.260. The van der Waals surface area contributed by atoms with Gasteiger partial charge in [0.2, 0.25) is 0 Å².